The number of carboxylic acid groups (broad SMARTS) is 1. The van der Waals surface area contributed by atoms with Gasteiger partial charge in [0.05, 0.1) is 12.5 Å². The van der Waals surface area contributed by atoms with Crippen LogP contribution >= 0.6 is 0 Å². The van der Waals surface area contributed by atoms with Crippen LogP contribution in [-0.4, -0.2) is 31.8 Å². The van der Waals surface area contributed by atoms with Crippen LogP contribution < -0.4 is 9.64 Å². The van der Waals surface area contributed by atoms with Gasteiger partial charge in [-0.1, -0.05) is 30.3 Å². The van der Waals surface area contributed by atoms with Crippen molar-refractivity contribution in [1.82, 2.24) is 0 Å². The molecule has 1 atom stereocenters. The molecule has 0 fully saturated rings. The van der Waals surface area contributed by atoms with Gasteiger partial charge in [-0.05, 0) is 36.6 Å². The summed E-state index contributed by atoms with van der Waals surface area (Å²) >= 11 is 0. The minimum atomic E-state index is -0.815. The van der Waals surface area contributed by atoms with Crippen LogP contribution in [0.4, 0.5) is 5.69 Å². The first-order valence-corrected chi connectivity index (χ1v) is 7.67. The quantitative estimate of drug-likeness (QED) is 0.847. The van der Waals surface area contributed by atoms with E-state index in [9.17, 15) is 9.90 Å². The topological polar surface area (TPSA) is 49.8 Å². The number of nitrogens with zero attached hydrogens (tertiary/aromatic N) is 1. The summed E-state index contributed by atoms with van der Waals surface area (Å²) in [6.45, 7) is 2.30. The average molecular weight is 313 g/mol. The zero-order valence-electron chi connectivity index (χ0n) is 13.8. The normalized spacial score (nSPS) is 11.8. The number of benzene rings is 2. The molecule has 0 aliphatic heterocycles. The van der Waals surface area contributed by atoms with Gasteiger partial charge in [-0.2, -0.15) is 0 Å². The molecule has 4 nitrogen and oxygen atoms in total. The molecule has 0 heterocycles. The van der Waals surface area contributed by atoms with Gasteiger partial charge >= 0.3 is 5.97 Å². The van der Waals surface area contributed by atoms with E-state index in [4.69, 9.17) is 4.74 Å². The van der Waals surface area contributed by atoms with E-state index in [1.165, 1.54) is 0 Å². The molecule has 0 aromatic heterocycles. The Morgan fingerprint density at radius 1 is 1.17 bits per heavy atom. The number of aliphatic carboxylic acids is 1. The molecule has 2 aromatic carbocycles. The van der Waals surface area contributed by atoms with Crippen LogP contribution in [0.15, 0.2) is 48.5 Å². The number of hydrogen-bond acceptors (Lipinski definition) is 3. The first kappa shape index (κ1) is 16.9. The van der Waals surface area contributed by atoms with Crippen LogP contribution in [-0.2, 0) is 4.79 Å². The van der Waals surface area contributed by atoms with Crippen LogP contribution in [0.1, 0.15) is 23.5 Å². The highest BCUT2D eigenvalue weighted by atomic mass is 16.5. The lowest BCUT2D eigenvalue weighted by Gasteiger charge is -2.17. The number of anilines is 1. The summed E-state index contributed by atoms with van der Waals surface area (Å²) in [7, 11) is 3.94. The Kier molecular flexibility index (Phi) is 5.63. The van der Waals surface area contributed by atoms with Crippen molar-refractivity contribution < 1.29 is 14.6 Å². The number of rotatable bonds is 7. The third kappa shape index (κ3) is 4.49. The van der Waals surface area contributed by atoms with Crippen molar-refractivity contribution in [1.29, 1.82) is 0 Å². The van der Waals surface area contributed by atoms with Gasteiger partial charge in [-0.25, -0.2) is 0 Å². The number of carboxylic acids is 1. The summed E-state index contributed by atoms with van der Waals surface area (Å²) in [6.07, 6.45) is 0.437. The van der Waals surface area contributed by atoms with Crippen molar-refractivity contribution in [3.8, 4) is 5.75 Å². The molecule has 1 unspecified atom stereocenters. The van der Waals surface area contributed by atoms with Crippen molar-refractivity contribution in [2.24, 2.45) is 0 Å². The van der Waals surface area contributed by atoms with Crippen LogP contribution in [0, 0.1) is 6.92 Å². The molecule has 0 aliphatic carbocycles. The Bertz CT molecular complexity index is 667. The van der Waals surface area contributed by atoms with Gasteiger partial charge in [0, 0.05) is 25.8 Å². The van der Waals surface area contributed by atoms with E-state index in [1.54, 1.807) is 0 Å². The summed E-state index contributed by atoms with van der Waals surface area (Å²) in [5, 5.41) is 9.50. The lowest BCUT2D eigenvalue weighted by atomic mass is 9.92. The fraction of sp³-hybridized carbons (Fsp3) is 0.316. The van der Waals surface area contributed by atoms with Crippen molar-refractivity contribution in [2.45, 2.75) is 19.3 Å². The molecule has 0 amide bonds. The molecular weight excluding hydrogens is 290 g/mol. The Morgan fingerprint density at radius 3 is 2.57 bits per heavy atom. The summed E-state index contributed by atoms with van der Waals surface area (Å²) in [5.41, 5.74) is 2.90. The third-order valence-electron chi connectivity index (χ3n) is 3.87. The second-order valence-corrected chi connectivity index (χ2v) is 5.78. The molecule has 4 heteroatoms. The number of ether oxygens (including phenoxy) is 1. The maximum atomic E-state index is 11.6. The molecule has 0 radical (unpaired) electrons. The molecule has 0 saturated carbocycles. The van der Waals surface area contributed by atoms with Gasteiger partial charge in [-0.15, -0.1) is 0 Å². The van der Waals surface area contributed by atoms with Crippen LogP contribution in [0.2, 0.25) is 0 Å². The smallest absolute Gasteiger partial charge is 0.311 e. The molecule has 1 N–H and O–H groups in total. The Labute approximate surface area is 137 Å². The van der Waals surface area contributed by atoms with Crippen molar-refractivity contribution >= 4 is 11.7 Å². The van der Waals surface area contributed by atoms with Crippen molar-refractivity contribution in [2.75, 3.05) is 25.6 Å². The molecule has 0 saturated heterocycles. The van der Waals surface area contributed by atoms with E-state index in [0.717, 1.165) is 22.6 Å². The molecule has 23 heavy (non-hydrogen) atoms. The van der Waals surface area contributed by atoms with Gasteiger partial charge in [-0.3, -0.25) is 4.79 Å². The Balaban J connectivity index is 2.02. The van der Waals surface area contributed by atoms with Gasteiger partial charge < -0.3 is 14.7 Å². The standard InChI is InChI=1S/C19H23NO3/c1-14-7-4-5-10-17(14)18(19(21)22)11-12-23-16-9-6-8-15(13-16)20(2)3/h4-10,13,18H,11-12H2,1-3H3,(H,21,22). The minimum absolute atomic E-state index is 0.363. The Morgan fingerprint density at radius 2 is 1.91 bits per heavy atom. The molecular formula is C19H23NO3. The minimum Gasteiger partial charge on any atom is -0.493 e. The van der Waals surface area contributed by atoms with Gasteiger partial charge in [0.15, 0.2) is 0 Å². The Hall–Kier alpha value is -2.49. The van der Waals surface area contributed by atoms with E-state index < -0.39 is 11.9 Å². The first-order valence-electron chi connectivity index (χ1n) is 7.67. The predicted octanol–water partition coefficient (Wildman–Crippen LogP) is 3.70. The highest BCUT2D eigenvalue weighted by Crippen LogP contribution is 2.25. The van der Waals surface area contributed by atoms with E-state index in [0.29, 0.717) is 13.0 Å². The van der Waals surface area contributed by atoms with E-state index in [2.05, 4.69) is 0 Å². The molecule has 0 aliphatic rings. The number of carbonyl (C=O) groups is 1. The first-order chi connectivity index (χ1) is 11.0. The SMILES string of the molecule is Cc1ccccc1C(CCOc1cccc(N(C)C)c1)C(=O)O. The van der Waals surface area contributed by atoms with Crippen molar-refractivity contribution in [3.05, 3.63) is 59.7 Å². The fourth-order valence-electron chi connectivity index (χ4n) is 2.54. The van der Waals surface area contributed by atoms with Crippen LogP contribution in [0.25, 0.3) is 0 Å². The fourth-order valence-corrected chi connectivity index (χ4v) is 2.54. The van der Waals surface area contributed by atoms with Crippen molar-refractivity contribution in [3.63, 3.8) is 0 Å². The zero-order chi connectivity index (χ0) is 16.8. The van der Waals surface area contributed by atoms with E-state index in [-0.39, 0.29) is 0 Å². The zero-order valence-corrected chi connectivity index (χ0v) is 13.8. The highest BCUT2D eigenvalue weighted by Gasteiger charge is 2.21. The number of hydrogen-bond donors (Lipinski definition) is 1. The summed E-state index contributed by atoms with van der Waals surface area (Å²) in [6, 6.07) is 15.4. The molecule has 122 valence electrons. The average Bonchev–Trinajstić information content (AvgIpc) is 2.52. The molecule has 2 rings (SSSR count). The molecule has 0 bridgehead atoms. The monoisotopic (exact) mass is 313 g/mol. The lowest BCUT2D eigenvalue weighted by Crippen LogP contribution is -2.16. The predicted molar refractivity (Wildman–Crippen MR) is 92.4 cm³/mol. The van der Waals surface area contributed by atoms with Crippen LogP contribution in [0.5, 0.6) is 5.75 Å². The second-order valence-electron chi connectivity index (χ2n) is 5.78. The van der Waals surface area contributed by atoms with Gasteiger partial charge in [0.1, 0.15) is 5.75 Å². The van der Waals surface area contributed by atoms with Crippen LogP contribution in [0.3, 0.4) is 0 Å². The van der Waals surface area contributed by atoms with Gasteiger partial charge in [0.25, 0.3) is 0 Å². The van der Waals surface area contributed by atoms with E-state index in [1.807, 2.05) is 74.4 Å². The number of aryl methyl sites for hydroxylation is 1. The summed E-state index contributed by atoms with van der Waals surface area (Å²) < 4.78 is 5.75. The second kappa shape index (κ2) is 7.68. The summed E-state index contributed by atoms with van der Waals surface area (Å²) in [4.78, 5) is 13.6. The molecule has 2 aromatic rings. The lowest BCUT2D eigenvalue weighted by molar-refractivity contribution is -0.139. The van der Waals surface area contributed by atoms with E-state index >= 15 is 0 Å². The maximum absolute atomic E-state index is 11.6. The summed E-state index contributed by atoms with van der Waals surface area (Å²) in [5.74, 6) is -0.608. The maximum Gasteiger partial charge on any atom is 0.311 e. The molecule has 0 spiro atoms. The van der Waals surface area contributed by atoms with Gasteiger partial charge in [0.2, 0.25) is 0 Å². The highest BCUT2D eigenvalue weighted by molar-refractivity contribution is 5.76. The third-order valence-corrected chi connectivity index (χ3v) is 3.87. The largest absolute Gasteiger partial charge is 0.493 e.